The van der Waals surface area contributed by atoms with Gasteiger partial charge in [-0.3, -0.25) is 4.99 Å². The van der Waals surface area contributed by atoms with Crippen LogP contribution in [0.5, 0.6) is 0 Å². The van der Waals surface area contributed by atoms with Crippen LogP contribution in [0.25, 0.3) is 0 Å². The zero-order valence-corrected chi connectivity index (χ0v) is 5.83. The topological polar surface area (TPSA) is 37.1 Å². The Labute approximate surface area is 55.2 Å². The standard InChI is InChI=1S/C6H11N3/c1-4-6(8-3)9-5-7-2/h5H,3-4H2,1-2H3. The number of hydrogen-bond donors (Lipinski definition) is 0. The SMILES string of the molecule is C=NC(CC)=NC=NC. The maximum atomic E-state index is 3.88. The van der Waals surface area contributed by atoms with Gasteiger partial charge in [0.1, 0.15) is 12.2 Å². The van der Waals surface area contributed by atoms with Crippen molar-refractivity contribution in [1.29, 1.82) is 0 Å². The Kier molecular flexibility index (Phi) is 4.59. The van der Waals surface area contributed by atoms with Crippen molar-refractivity contribution in [1.82, 2.24) is 0 Å². The molecule has 0 heterocycles. The Bertz CT molecular complexity index is 135. The van der Waals surface area contributed by atoms with Gasteiger partial charge in [0.05, 0.1) is 0 Å². The van der Waals surface area contributed by atoms with E-state index in [4.69, 9.17) is 0 Å². The van der Waals surface area contributed by atoms with Gasteiger partial charge < -0.3 is 0 Å². The van der Waals surface area contributed by atoms with Gasteiger partial charge in [0.25, 0.3) is 0 Å². The first kappa shape index (κ1) is 8.01. The van der Waals surface area contributed by atoms with Crippen molar-refractivity contribution in [3.63, 3.8) is 0 Å². The van der Waals surface area contributed by atoms with Crippen molar-refractivity contribution in [2.75, 3.05) is 7.05 Å². The van der Waals surface area contributed by atoms with E-state index < -0.39 is 0 Å². The van der Waals surface area contributed by atoms with Gasteiger partial charge in [0.2, 0.25) is 0 Å². The van der Waals surface area contributed by atoms with E-state index in [1.54, 1.807) is 7.05 Å². The summed E-state index contributed by atoms with van der Waals surface area (Å²) in [7, 11) is 1.67. The van der Waals surface area contributed by atoms with Crippen LogP contribution in [0.1, 0.15) is 13.3 Å². The lowest BCUT2D eigenvalue weighted by molar-refractivity contribution is 1.25. The maximum Gasteiger partial charge on any atom is 0.129 e. The van der Waals surface area contributed by atoms with Crippen LogP contribution in [-0.4, -0.2) is 25.9 Å². The summed E-state index contributed by atoms with van der Waals surface area (Å²) in [5.41, 5.74) is 0. The molecule has 0 aromatic rings. The minimum Gasteiger partial charge on any atom is -0.277 e. The number of amidine groups is 1. The van der Waals surface area contributed by atoms with E-state index in [0.29, 0.717) is 0 Å². The van der Waals surface area contributed by atoms with Crippen molar-refractivity contribution in [3.05, 3.63) is 0 Å². The van der Waals surface area contributed by atoms with Gasteiger partial charge in [-0.2, -0.15) is 0 Å². The van der Waals surface area contributed by atoms with E-state index >= 15 is 0 Å². The van der Waals surface area contributed by atoms with Crippen LogP contribution in [0.3, 0.4) is 0 Å². The normalized spacial score (nSPS) is 12.4. The Morgan fingerprint density at radius 2 is 2.33 bits per heavy atom. The highest BCUT2D eigenvalue weighted by atomic mass is 14.9. The lowest BCUT2D eigenvalue weighted by atomic mass is 10.4. The third kappa shape index (κ3) is 3.58. The molecule has 0 aliphatic carbocycles. The highest BCUT2D eigenvalue weighted by Crippen LogP contribution is 1.83. The Morgan fingerprint density at radius 1 is 1.67 bits per heavy atom. The van der Waals surface area contributed by atoms with Gasteiger partial charge in [0.15, 0.2) is 0 Å². The molecule has 0 bridgehead atoms. The second-order valence-electron chi connectivity index (χ2n) is 1.43. The van der Waals surface area contributed by atoms with Crippen LogP contribution >= 0.6 is 0 Å². The summed E-state index contributed by atoms with van der Waals surface area (Å²) in [6.45, 7) is 5.31. The first-order valence-corrected chi connectivity index (χ1v) is 2.79. The quantitative estimate of drug-likeness (QED) is 0.392. The first-order chi connectivity index (χ1) is 4.35. The monoisotopic (exact) mass is 125 g/mol. The van der Waals surface area contributed by atoms with Crippen molar-refractivity contribution in [2.45, 2.75) is 13.3 Å². The molecule has 0 radical (unpaired) electrons. The van der Waals surface area contributed by atoms with E-state index in [1.807, 2.05) is 6.92 Å². The summed E-state index contributed by atoms with van der Waals surface area (Å²) in [4.78, 5) is 11.2. The van der Waals surface area contributed by atoms with Gasteiger partial charge in [-0.15, -0.1) is 0 Å². The maximum absolute atomic E-state index is 3.88. The molecule has 0 unspecified atom stereocenters. The fraction of sp³-hybridized carbons (Fsp3) is 0.500. The third-order valence-electron chi connectivity index (χ3n) is 0.821. The van der Waals surface area contributed by atoms with E-state index in [0.717, 1.165) is 12.3 Å². The molecule has 0 saturated heterocycles. The first-order valence-electron chi connectivity index (χ1n) is 2.79. The molecular formula is C6H11N3. The molecule has 0 rings (SSSR count). The molecule has 3 heteroatoms. The van der Waals surface area contributed by atoms with Crippen molar-refractivity contribution in [2.24, 2.45) is 15.0 Å². The molecule has 9 heavy (non-hydrogen) atoms. The summed E-state index contributed by atoms with van der Waals surface area (Å²) < 4.78 is 0. The average Bonchev–Trinajstić information content (AvgIpc) is 1.91. The predicted octanol–water partition coefficient (Wildman–Crippen LogP) is 1.15. The largest absolute Gasteiger partial charge is 0.277 e. The Balaban J connectivity index is 3.90. The summed E-state index contributed by atoms with van der Waals surface area (Å²) in [5.74, 6) is 0.723. The molecule has 0 atom stereocenters. The molecule has 0 saturated carbocycles. The number of rotatable bonds is 2. The molecule has 50 valence electrons. The molecule has 0 aromatic heterocycles. The van der Waals surface area contributed by atoms with E-state index in [1.165, 1.54) is 6.34 Å². The van der Waals surface area contributed by atoms with Crippen LogP contribution in [-0.2, 0) is 0 Å². The molecule has 0 amide bonds. The summed E-state index contributed by atoms with van der Waals surface area (Å²) in [6, 6.07) is 0. The van der Waals surface area contributed by atoms with Crippen LogP contribution < -0.4 is 0 Å². The molecule has 0 aromatic carbocycles. The van der Waals surface area contributed by atoms with E-state index in [2.05, 4.69) is 21.7 Å². The van der Waals surface area contributed by atoms with Gasteiger partial charge in [-0.05, 0) is 6.72 Å². The zero-order valence-electron chi connectivity index (χ0n) is 5.83. The fourth-order valence-electron chi connectivity index (χ4n) is 0.368. The van der Waals surface area contributed by atoms with Crippen LogP contribution in [0, 0.1) is 0 Å². The van der Waals surface area contributed by atoms with Gasteiger partial charge >= 0.3 is 0 Å². The van der Waals surface area contributed by atoms with Gasteiger partial charge in [-0.1, -0.05) is 6.92 Å². The molecule has 3 nitrogen and oxygen atoms in total. The van der Waals surface area contributed by atoms with Crippen LogP contribution in [0.4, 0.5) is 0 Å². The number of nitrogens with zero attached hydrogens (tertiary/aromatic N) is 3. The van der Waals surface area contributed by atoms with Gasteiger partial charge in [0, 0.05) is 13.5 Å². The second-order valence-corrected chi connectivity index (χ2v) is 1.43. The predicted molar refractivity (Wildman–Crippen MR) is 41.7 cm³/mol. The molecule has 0 aliphatic heterocycles. The van der Waals surface area contributed by atoms with Gasteiger partial charge in [-0.25, -0.2) is 9.98 Å². The minimum atomic E-state index is 0.723. The number of hydrogen-bond acceptors (Lipinski definition) is 1. The van der Waals surface area contributed by atoms with Crippen LogP contribution in [0.2, 0.25) is 0 Å². The number of aliphatic imine (C=N–C) groups is 3. The molecular weight excluding hydrogens is 114 g/mol. The molecule has 0 fully saturated rings. The van der Waals surface area contributed by atoms with Crippen molar-refractivity contribution in [3.8, 4) is 0 Å². The van der Waals surface area contributed by atoms with E-state index in [-0.39, 0.29) is 0 Å². The third-order valence-corrected chi connectivity index (χ3v) is 0.821. The summed E-state index contributed by atoms with van der Waals surface area (Å²) in [5, 5.41) is 0. The Hall–Kier alpha value is -0.990. The lowest BCUT2D eigenvalue weighted by Gasteiger charge is -1.87. The Morgan fingerprint density at radius 3 is 2.67 bits per heavy atom. The molecule has 0 spiro atoms. The molecule has 0 aliphatic rings. The molecule has 0 N–H and O–H groups in total. The summed E-state index contributed by atoms with van der Waals surface area (Å²) >= 11 is 0. The van der Waals surface area contributed by atoms with Crippen LogP contribution in [0.15, 0.2) is 15.0 Å². The smallest absolute Gasteiger partial charge is 0.129 e. The van der Waals surface area contributed by atoms with Crippen molar-refractivity contribution < 1.29 is 0 Å². The highest BCUT2D eigenvalue weighted by Gasteiger charge is 1.83. The minimum absolute atomic E-state index is 0.723. The van der Waals surface area contributed by atoms with Crippen molar-refractivity contribution >= 4 is 18.9 Å². The fourth-order valence-corrected chi connectivity index (χ4v) is 0.368. The summed E-state index contributed by atoms with van der Waals surface area (Å²) in [6.07, 6.45) is 2.27. The lowest BCUT2D eigenvalue weighted by Crippen LogP contribution is -1.89. The zero-order chi connectivity index (χ0) is 7.11. The average molecular weight is 125 g/mol. The second kappa shape index (κ2) is 5.15. The highest BCUT2D eigenvalue weighted by molar-refractivity contribution is 5.91. The van der Waals surface area contributed by atoms with E-state index in [9.17, 15) is 0 Å².